The van der Waals surface area contributed by atoms with Crippen LogP contribution in [-0.4, -0.2) is 32.7 Å². The maximum absolute atomic E-state index is 13.5. The number of carboxylic acid groups (broad SMARTS) is 1. The van der Waals surface area contributed by atoms with E-state index >= 15 is 0 Å². The monoisotopic (exact) mass is 329 g/mol. The molecule has 110 valence electrons. The van der Waals surface area contributed by atoms with Crippen LogP contribution in [0.2, 0.25) is 0 Å². The number of hydrogen-bond acceptors (Lipinski definition) is 4. The zero-order chi connectivity index (χ0) is 15.7. The van der Waals surface area contributed by atoms with Gasteiger partial charge in [-0.05, 0) is 30.7 Å². The van der Waals surface area contributed by atoms with E-state index in [1.807, 2.05) is 0 Å². The van der Waals surface area contributed by atoms with Gasteiger partial charge < -0.3 is 5.11 Å². The lowest BCUT2D eigenvalue weighted by molar-refractivity contribution is -0.140. The second-order valence-corrected chi connectivity index (χ2v) is 5.95. The van der Waals surface area contributed by atoms with Crippen molar-refractivity contribution < 1.29 is 23.5 Å². The van der Waals surface area contributed by atoms with Gasteiger partial charge in [0.2, 0.25) is 0 Å². The number of carbonyl (C=O) groups is 2. The summed E-state index contributed by atoms with van der Waals surface area (Å²) in [6.45, 7) is 0.763. The Hall–Kier alpha value is -1.80. The van der Waals surface area contributed by atoms with E-state index in [1.54, 1.807) is 0 Å². The summed E-state index contributed by atoms with van der Waals surface area (Å²) in [5.74, 6) is -3.22. The molecule has 0 atom stereocenters. The number of aliphatic carboxylic acids is 1. The van der Waals surface area contributed by atoms with Crippen LogP contribution in [0.25, 0.3) is 6.08 Å². The van der Waals surface area contributed by atoms with Crippen molar-refractivity contribution >= 4 is 46.3 Å². The number of rotatable bonds is 3. The van der Waals surface area contributed by atoms with Gasteiger partial charge in [-0.1, -0.05) is 24.0 Å². The fourth-order valence-corrected chi connectivity index (χ4v) is 2.93. The average molecular weight is 329 g/mol. The zero-order valence-corrected chi connectivity index (χ0v) is 12.4. The Labute approximate surface area is 128 Å². The second kappa shape index (κ2) is 5.90. The third kappa shape index (κ3) is 3.27. The summed E-state index contributed by atoms with van der Waals surface area (Å²) >= 11 is 5.81. The summed E-state index contributed by atoms with van der Waals surface area (Å²) in [4.78, 5) is 23.7. The number of halogens is 2. The number of benzene rings is 1. The van der Waals surface area contributed by atoms with Crippen molar-refractivity contribution in [1.29, 1.82) is 0 Å². The number of carboxylic acids is 1. The van der Waals surface area contributed by atoms with Crippen LogP contribution in [0, 0.1) is 18.6 Å². The Morgan fingerprint density at radius 3 is 2.52 bits per heavy atom. The van der Waals surface area contributed by atoms with E-state index in [9.17, 15) is 18.4 Å². The predicted octanol–water partition coefficient (Wildman–Crippen LogP) is 2.56. The van der Waals surface area contributed by atoms with E-state index in [1.165, 1.54) is 13.0 Å². The summed E-state index contributed by atoms with van der Waals surface area (Å²) in [5.41, 5.74) is 0.0667. The van der Waals surface area contributed by atoms with Gasteiger partial charge in [0, 0.05) is 5.56 Å². The molecule has 0 bridgehead atoms. The quantitative estimate of drug-likeness (QED) is 0.682. The molecule has 1 aromatic rings. The molecule has 1 aliphatic heterocycles. The Balaban J connectivity index is 2.33. The second-order valence-electron chi connectivity index (χ2n) is 4.27. The maximum atomic E-state index is 13.5. The molecule has 4 nitrogen and oxygen atoms in total. The number of thioether (sulfide) groups is 1. The van der Waals surface area contributed by atoms with Crippen LogP contribution < -0.4 is 0 Å². The van der Waals surface area contributed by atoms with Crippen LogP contribution in [0.4, 0.5) is 8.78 Å². The van der Waals surface area contributed by atoms with Gasteiger partial charge in [-0.25, -0.2) is 8.78 Å². The van der Waals surface area contributed by atoms with Gasteiger partial charge in [0.05, 0.1) is 4.91 Å². The molecule has 0 unspecified atom stereocenters. The van der Waals surface area contributed by atoms with E-state index in [2.05, 4.69) is 0 Å². The summed E-state index contributed by atoms with van der Waals surface area (Å²) in [6, 6.07) is 2.20. The molecule has 1 amide bonds. The average Bonchev–Trinajstić information content (AvgIpc) is 2.63. The lowest BCUT2D eigenvalue weighted by atomic mass is 10.1. The lowest BCUT2D eigenvalue weighted by Crippen LogP contribution is -2.33. The Bertz CT molecular complexity index is 665. The highest BCUT2D eigenvalue weighted by molar-refractivity contribution is 8.26. The van der Waals surface area contributed by atoms with Crippen molar-refractivity contribution in [2.45, 2.75) is 6.92 Å². The van der Waals surface area contributed by atoms with Crippen molar-refractivity contribution in [3.05, 3.63) is 39.8 Å². The van der Waals surface area contributed by atoms with Crippen LogP contribution in [0.5, 0.6) is 0 Å². The molecule has 0 aliphatic carbocycles. The summed E-state index contributed by atoms with van der Waals surface area (Å²) < 4.78 is 27.0. The van der Waals surface area contributed by atoms with E-state index in [0.717, 1.165) is 28.8 Å². The van der Waals surface area contributed by atoms with Crippen molar-refractivity contribution in [3.63, 3.8) is 0 Å². The van der Waals surface area contributed by atoms with E-state index in [-0.39, 0.29) is 20.4 Å². The minimum absolute atomic E-state index is 0.0988. The number of hydrogen-bond donors (Lipinski definition) is 1. The fourth-order valence-electron chi connectivity index (χ4n) is 1.67. The molecule has 0 radical (unpaired) electrons. The summed E-state index contributed by atoms with van der Waals surface area (Å²) in [6.07, 6.45) is 1.28. The van der Waals surface area contributed by atoms with E-state index in [4.69, 9.17) is 17.3 Å². The minimum Gasteiger partial charge on any atom is -0.480 e. The Morgan fingerprint density at radius 2 is 2.00 bits per heavy atom. The number of amides is 1. The Kier molecular flexibility index (Phi) is 4.38. The van der Waals surface area contributed by atoms with E-state index in [0.29, 0.717) is 0 Å². The lowest BCUT2D eigenvalue weighted by Gasteiger charge is -2.10. The Morgan fingerprint density at radius 1 is 1.43 bits per heavy atom. The van der Waals surface area contributed by atoms with Crippen LogP contribution in [0.1, 0.15) is 11.1 Å². The normalized spacial score (nSPS) is 16.9. The number of nitrogens with zero attached hydrogens (tertiary/aromatic N) is 1. The van der Waals surface area contributed by atoms with Crippen LogP contribution in [0.15, 0.2) is 17.0 Å². The van der Waals surface area contributed by atoms with Gasteiger partial charge in [0.25, 0.3) is 5.91 Å². The number of thiocarbonyl (C=S) groups is 1. The van der Waals surface area contributed by atoms with Gasteiger partial charge in [0.1, 0.15) is 22.5 Å². The molecular formula is C13H9F2NO3S2. The fraction of sp³-hybridized carbons (Fsp3) is 0.154. The standard InChI is InChI=1S/C13H9F2NO3S2/c1-6-8(14)2-7(3-9(6)15)4-10-12(19)16(5-11(17)18)13(20)21-10/h2-4H,5H2,1H3,(H,17,18)/b10-4-. The van der Waals surface area contributed by atoms with Gasteiger partial charge >= 0.3 is 5.97 Å². The predicted molar refractivity (Wildman–Crippen MR) is 78.6 cm³/mol. The smallest absolute Gasteiger partial charge is 0.323 e. The molecule has 8 heteroatoms. The van der Waals surface area contributed by atoms with Gasteiger partial charge in [0.15, 0.2) is 0 Å². The molecule has 1 aromatic carbocycles. The summed E-state index contributed by atoms with van der Waals surface area (Å²) in [7, 11) is 0. The van der Waals surface area contributed by atoms with Gasteiger partial charge in [-0.2, -0.15) is 0 Å². The van der Waals surface area contributed by atoms with Crippen molar-refractivity contribution in [2.75, 3.05) is 6.54 Å². The first kappa shape index (κ1) is 15.6. The van der Waals surface area contributed by atoms with Crippen LogP contribution in [0.3, 0.4) is 0 Å². The molecule has 21 heavy (non-hydrogen) atoms. The highest BCUT2D eigenvalue weighted by Crippen LogP contribution is 2.32. The van der Waals surface area contributed by atoms with Crippen molar-refractivity contribution in [2.24, 2.45) is 0 Å². The number of carbonyl (C=O) groups excluding carboxylic acids is 1. The first-order chi connectivity index (χ1) is 9.79. The topological polar surface area (TPSA) is 57.6 Å². The maximum Gasteiger partial charge on any atom is 0.323 e. The molecule has 1 saturated heterocycles. The molecule has 0 aromatic heterocycles. The molecule has 1 N–H and O–H groups in total. The van der Waals surface area contributed by atoms with Crippen LogP contribution >= 0.6 is 24.0 Å². The molecule has 2 rings (SSSR count). The zero-order valence-electron chi connectivity index (χ0n) is 10.7. The molecule has 1 heterocycles. The third-order valence-electron chi connectivity index (χ3n) is 2.77. The summed E-state index contributed by atoms with van der Waals surface area (Å²) in [5, 5.41) is 8.71. The van der Waals surface area contributed by atoms with Gasteiger partial charge in [-0.15, -0.1) is 0 Å². The third-order valence-corrected chi connectivity index (χ3v) is 4.15. The van der Waals surface area contributed by atoms with Crippen molar-refractivity contribution in [1.82, 2.24) is 4.90 Å². The van der Waals surface area contributed by atoms with Gasteiger partial charge in [-0.3, -0.25) is 14.5 Å². The minimum atomic E-state index is -1.19. The first-order valence-electron chi connectivity index (χ1n) is 5.72. The SMILES string of the molecule is Cc1c(F)cc(/C=C2\SC(=S)N(CC(=O)O)C2=O)cc1F. The molecular weight excluding hydrogens is 320 g/mol. The molecule has 1 aliphatic rings. The van der Waals surface area contributed by atoms with Crippen LogP contribution in [-0.2, 0) is 9.59 Å². The largest absolute Gasteiger partial charge is 0.480 e. The first-order valence-corrected chi connectivity index (χ1v) is 6.95. The molecule has 0 saturated carbocycles. The highest BCUT2D eigenvalue weighted by atomic mass is 32.2. The molecule has 0 spiro atoms. The van der Waals surface area contributed by atoms with Crippen molar-refractivity contribution in [3.8, 4) is 0 Å². The van der Waals surface area contributed by atoms with E-state index < -0.39 is 30.1 Å². The molecule has 1 fully saturated rings. The highest BCUT2D eigenvalue weighted by Gasteiger charge is 2.33.